The predicted octanol–water partition coefficient (Wildman–Crippen LogP) is 4.30. The van der Waals surface area contributed by atoms with Crippen molar-refractivity contribution < 1.29 is 27.6 Å². The standard InChI is InChI=1S/C25H24FN3O5/c1-31-21-13-18(14-22(15-21)32-2)25-27-23(34-28-25)9-10-29(16-20-4-3-11-33-20)24(30)12-17-5-7-19(26)8-6-17/h3-8,11,13-15H,9-10,12,16H2,1-2H3. The maximum Gasteiger partial charge on any atom is 0.228 e. The molecule has 4 rings (SSSR count). The second kappa shape index (κ2) is 10.7. The number of methoxy groups -OCH3 is 2. The Kier molecular flexibility index (Phi) is 7.22. The summed E-state index contributed by atoms with van der Waals surface area (Å²) in [6.45, 7) is 0.630. The third-order valence-electron chi connectivity index (χ3n) is 5.22. The second-order valence-corrected chi connectivity index (χ2v) is 7.56. The van der Waals surface area contributed by atoms with Crippen molar-refractivity contribution >= 4 is 5.91 Å². The summed E-state index contributed by atoms with van der Waals surface area (Å²) in [6, 6.07) is 14.8. The van der Waals surface area contributed by atoms with Crippen molar-refractivity contribution in [3.05, 3.63) is 83.9 Å². The highest BCUT2D eigenvalue weighted by molar-refractivity contribution is 5.78. The quantitative estimate of drug-likeness (QED) is 0.345. The molecule has 8 nitrogen and oxygen atoms in total. The Balaban J connectivity index is 1.46. The van der Waals surface area contributed by atoms with E-state index in [0.717, 1.165) is 5.56 Å². The van der Waals surface area contributed by atoms with Crippen LogP contribution in [0.1, 0.15) is 17.2 Å². The van der Waals surface area contributed by atoms with Gasteiger partial charge in [-0.15, -0.1) is 0 Å². The number of carbonyl (C=O) groups excluding carboxylic acids is 1. The fourth-order valence-corrected chi connectivity index (χ4v) is 3.41. The highest BCUT2D eigenvalue weighted by Crippen LogP contribution is 2.28. The number of benzene rings is 2. The van der Waals surface area contributed by atoms with Crippen molar-refractivity contribution in [2.75, 3.05) is 20.8 Å². The van der Waals surface area contributed by atoms with Crippen molar-refractivity contribution in [3.8, 4) is 22.9 Å². The van der Waals surface area contributed by atoms with Gasteiger partial charge in [-0.2, -0.15) is 4.98 Å². The van der Waals surface area contributed by atoms with Gasteiger partial charge in [0.15, 0.2) is 0 Å². The summed E-state index contributed by atoms with van der Waals surface area (Å²) in [7, 11) is 3.13. The first kappa shape index (κ1) is 23.0. The fourth-order valence-electron chi connectivity index (χ4n) is 3.41. The number of rotatable bonds is 10. The monoisotopic (exact) mass is 465 g/mol. The van der Waals surface area contributed by atoms with E-state index in [1.807, 2.05) is 0 Å². The number of halogens is 1. The molecule has 0 aliphatic heterocycles. The van der Waals surface area contributed by atoms with Gasteiger partial charge < -0.3 is 23.3 Å². The van der Waals surface area contributed by atoms with Crippen LogP contribution in [0.4, 0.5) is 4.39 Å². The van der Waals surface area contributed by atoms with Gasteiger partial charge in [-0.25, -0.2) is 4.39 Å². The van der Waals surface area contributed by atoms with Gasteiger partial charge in [0.2, 0.25) is 17.6 Å². The van der Waals surface area contributed by atoms with E-state index in [4.69, 9.17) is 18.4 Å². The minimum absolute atomic E-state index is 0.125. The van der Waals surface area contributed by atoms with Crippen LogP contribution in [-0.4, -0.2) is 41.7 Å². The molecule has 0 spiro atoms. The molecule has 2 aromatic carbocycles. The van der Waals surface area contributed by atoms with Crippen LogP contribution in [-0.2, 0) is 24.2 Å². The van der Waals surface area contributed by atoms with Crippen molar-refractivity contribution in [1.29, 1.82) is 0 Å². The summed E-state index contributed by atoms with van der Waals surface area (Å²) in [5.41, 5.74) is 1.41. The van der Waals surface area contributed by atoms with Crippen LogP contribution in [0.2, 0.25) is 0 Å². The largest absolute Gasteiger partial charge is 0.497 e. The Morgan fingerprint density at radius 2 is 1.79 bits per heavy atom. The van der Waals surface area contributed by atoms with Crippen LogP contribution in [0, 0.1) is 5.82 Å². The maximum absolute atomic E-state index is 13.2. The summed E-state index contributed by atoms with van der Waals surface area (Å²) < 4.78 is 34.6. The van der Waals surface area contributed by atoms with Gasteiger partial charge in [-0.3, -0.25) is 4.79 Å². The van der Waals surface area contributed by atoms with Crippen molar-refractivity contribution in [2.24, 2.45) is 0 Å². The van der Waals surface area contributed by atoms with Crippen LogP contribution >= 0.6 is 0 Å². The number of furan rings is 1. The number of amides is 1. The number of aromatic nitrogens is 2. The minimum Gasteiger partial charge on any atom is -0.497 e. The molecule has 0 fully saturated rings. The molecule has 0 unspecified atom stereocenters. The van der Waals surface area contributed by atoms with Gasteiger partial charge in [0, 0.05) is 24.6 Å². The van der Waals surface area contributed by atoms with Gasteiger partial charge in [-0.1, -0.05) is 17.3 Å². The summed E-state index contributed by atoms with van der Waals surface area (Å²) in [4.78, 5) is 19.1. The smallest absolute Gasteiger partial charge is 0.228 e. The molecular weight excluding hydrogens is 441 g/mol. The van der Waals surface area contributed by atoms with Gasteiger partial charge in [-0.05, 0) is 42.0 Å². The second-order valence-electron chi connectivity index (χ2n) is 7.56. The molecule has 0 radical (unpaired) electrons. The summed E-state index contributed by atoms with van der Waals surface area (Å²) in [6.07, 6.45) is 2.05. The van der Waals surface area contributed by atoms with Crippen molar-refractivity contribution in [3.63, 3.8) is 0 Å². The lowest BCUT2D eigenvalue weighted by atomic mass is 10.1. The van der Waals surface area contributed by atoms with E-state index in [-0.39, 0.29) is 18.1 Å². The Morgan fingerprint density at radius 3 is 2.44 bits per heavy atom. The average molecular weight is 465 g/mol. The molecule has 0 N–H and O–H groups in total. The highest BCUT2D eigenvalue weighted by Gasteiger charge is 2.18. The number of nitrogens with zero attached hydrogens (tertiary/aromatic N) is 3. The van der Waals surface area contributed by atoms with Crippen molar-refractivity contribution in [2.45, 2.75) is 19.4 Å². The lowest BCUT2D eigenvalue weighted by Gasteiger charge is -2.21. The molecule has 34 heavy (non-hydrogen) atoms. The molecule has 1 amide bonds. The number of hydrogen-bond donors (Lipinski definition) is 0. The SMILES string of the molecule is COc1cc(OC)cc(-c2noc(CCN(Cc3ccco3)C(=O)Cc3ccc(F)cc3)n2)c1. The van der Waals surface area contributed by atoms with Crippen LogP contribution in [0.3, 0.4) is 0 Å². The normalized spacial score (nSPS) is 10.8. The van der Waals surface area contributed by atoms with Crippen LogP contribution in [0.15, 0.2) is 69.8 Å². The zero-order valence-corrected chi connectivity index (χ0v) is 18.9. The van der Waals surface area contributed by atoms with E-state index in [2.05, 4.69) is 10.1 Å². The molecule has 9 heteroatoms. The molecule has 0 atom stereocenters. The highest BCUT2D eigenvalue weighted by atomic mass is 19.1. The lowest BCUT2D eigenvalue weighted by molar-refractivity contribution is -0.131. The first-order chi connectivity index (χ1) is 16.5. The topological polar surface area (TPSA) is 90.8 Å². The predicted molar refractivity (Wildman–Crippen MR) is 121 cm³/mol. The number of ether oxygens (including phenoxy) is 2. The Labute approximate surface area is 195 Å². The molecular formula is C25H24FN3O5. The zero-order valence-electron chi connectivity index (χ0n) is 18.9. The van der Waals surface area contributed by atoms with Crippen LogP contribution < -0.4 is 9.47 Å². The number of carbonyl (C=O) groups is 1. The molecule has 2 aromatic heterocycles. The van der Waals surface area contributed by atoms with E-state index < -0.39 is 0 Å². The molecule has 176 valence electrons. The van der Waals surface area contributed by atoms with E-state index >= 15 is 0 Å². The van der Waals surface area contributed by atoms with Gasteiger partial charge in [0.05, 0.1) is 33.4 Å². The Hall–Kier alpha value is -4.14. The molecule has 0 saturated carbocycles. The first-order valence-corrected chi connectivity index (χ1v) is 10.6. The van der Waals surface area contributed by atoms with E-state index in [1.54, 1.807) is 67.8 Å². The van der Waals surface area contributed by atoms with Crippen LogP contribution in [0.25, 0.3) is 11.4 Å². The Bertz CT molecular complexity index is 1200. The van der Waals surface area contributed by atoms with Gasteiger partial charge in [0.1, 0.15) is 23.1 Å². The summed E-state index contributed by atoms with van der Waals surface area (Å²) in [5, 5.41) is 4.06. The first-order valence-electron chi connectivity index (χ1n) is 10.6. The number of hydrogen-bond acceptors (Lipinski definition) is 7. The molecule has 0 saturated heterocycles. The molecule has 2 heterocycles. The third kappa shape index (κ3) is 5.80. The zero-order chi connectivity index (χ0) is 23.9. The molecule has 4 aromatic rings. The van der Waals surface area contributed by atoms with Gasteiger partial charge >= 0.3 is 0 Å². The third-order valence-corrected chi connectivity index (χ3v) is 5.22. The summed E-state index contributed by atoms with van der Waals surface area (Å²) >= 11 is 0. The molecule has 0 aliphatic rings. The average Bonchev–Trinajstić information content (AvgIpc) is 3.55. The Morgan fingerprint density at radius 1 is 1.06 bits per heavy atom. The maximum atomic E-state index is 13.2. The van der Waals surface area contributed by atoms with E-state index in [0.29, 0.717) is 54.0 Å². The van der Waals surface area contributed by atoms with E-state index in [1.165, 1.54) is 12.1 Å². The van der Waals surface area contributed by atoms with Crippen molar-refractivity contribution in [1.82, 2.24) is 15.0 Å². The minimum atomic E-state index is -0.343. The lowest BCUT2D eigenvalue weighted by Crippen LogP contribution is -2.33. The molecule has 0 aliphatic carbocycles. The molecule has 0 bridgehead atoms. The summed E-state index contributed by atoms with van der Waals surface area (Å²) in [5.74, 6) is 2.18. The fraction of sp³-hybridized carbons (Fsp3) is 0.240. The van der Waals surface area contributed by atoms with Gasteiger partial charge in [0.25, 0.3) is 0 Å². The van der Waals surface area contributed by atoms with Crippen LogP contribution in [0.5, 0.6) is 11.5 Å². The van der Waals surface area contributed by atoms with E-state index in [9.17, 15) is 9.18 Å².